The summed E-state index contributed by atoms with van der Waals surface area (Å²) in [6.07, 6.45) is 5.24. The number of hydrogen-bond acceptors (Lipinski definition) is 5. The zero-order valence-electron chi connectivity index (χ0n) is 11.5. The van der Waals surface area contributed by atoms with Crippen LogP contribution in [0.15, 0.2) is 61.1 Å². The quantitative estimate of drug-likeness (QED) is 0.793. The van der Waals surface area contributed by atoms with E-state index in [2.05, 4.69) is 20.3 Å². The van der Waals surface area contributed by atoms with Crippen LogP contribution in [0.25, 0.3) is 11.3 Å². The van der Waals surface area contributed by atoms with Gasteiger partial charge in [-0.05, 0) is 42.5 Å². The molecule has 0 radical (unpaired) electrons. The van der Waals surface area contributed by atoms with Crippen molar-refractivity contribution in [2.75, 3.05) is 12.4 Å². The standard InChI is InChI=1S/C16H14N4O/c1-21-14-6-4-13(5-7-14)19-16-18-10-8-15(20-16)12-3-2-9-17-11-12/h2-11H,1H3,(H,18,19,20). The number of pyridine rings is 1. The predicted molar refractivity (Wildman–Crippen MR) is 81.5 cm³/mol. The van der Waals surface area contributed by atoms with Gasteiger partial charge in [-0.1, -0.05) is 0 Å². The molecular formula is C16H14N4O. The molecule has 3 aromatic rings. The number of hydrogen-bond donors (Lipinski definition) is 1. The van der Waals surface area contributed by atoms with Gasteiger partial charge in [-0.3, -0.25) is 4.98 Å². The summed E-state index contributed by atoms with van der Waals surface area (Å²) < 4.78 is 5.13. The maximum atomic E-state index is 5.13. The average molecular weight is 278 g/mol. The number of benzene rings is 1. The third-order valence-electron chi connectivity index (χ3n) is 2.96. The highest BCUT2D eigenvalue weighted by Gasteiger charge is 2.03. The molecule has 21 heavy (non-hydrogen) atoms. The Kier molecular flexibility index (Phi) is 3.73. The van der Waals surface area contributed by atoms with Crippen molar-refractivity contribution in [3.05, 3.63) is 61.1 Å². The van der Waals surface area contributed by atoms with Crippen LogP contribution in [0.2, 0.25) is 0 Å². The second-order valence-electron chi connectivity index (χ2n) is 4.36. The van der Waals surface area contributed by atoms with E-state index in [0.717, 1.165) is 22.7 Å². The molecule has 1 aromatic carbocycles. The van der Waals surface area contributed by atoms with Crippen LogP contribution >= 0.6 is 0 Å². The molecule has 0 amide bonds. The first-order valence-electron chi connectivity index (χ1n) is 6.50. The number of rotatable bonds is 4. The molecule has 0 saturated heterocycles. The van der Waals surface area contributed by atoms with Crippen LogP contribution in [0.5, 0.6) is 5.75 Å². The molecule has 104 valence electrons. The van der Waals surface area contributed by atoms with Crippen molar-refractivity contribution in [3.63, 3.8) is 0 Å². The molecule has 0 aliphatic rings. The molecule has 0 fully saturated rings. The smallest absolute Gasteiger partial charge is 0.227 e. The van der Waals surface area contributed by atoms with Gasteiger partial charge < -0.3 is 10.1 Å². The normalized spacial score (nSPS) is 10.1. The molecule has 2 aromatic heterocycles. The topological polar surface area (TPSA) is 59.9 Å². The van der Waals surface area contributed by atoms with Crippen molar-refractivity contribution in [1.29, 1.82) is 0 Å². The van der Waals surface area contributed by atoms with Gasteiger partial charge in [-0.2, -0.15) is 0 Å². The molecular weight excluding hydrogens is 264 g/mol. The largest absolute Gasteiger partial charge is 0.497 e. The predicted octanol–water partition coefficient (Wildman–Crippen LogP) is 3.29. The summed E-state index contributed by atoms with van der Waals surface area (Å²) in [7, 11) is 1.64. The lowest BCUT2D eigenvalue weighted by atomic mass is 10.2. The van der Waals surface area contributed by atoms with Gasteiger partial charge in [0, 0.05) is 29.8 Å². The highest BCUT2D eigenvalue weighted by molar-refractivity contribution is 5.61. The number of nitrogens with one attached hydrogen (secondary N) is 1. The maximum absolute atomic E-state index is 5.13. The summed E-state index contributed by atoms with van der Waals surface area (Å²) in [6.45, 7) is 0. The van der Waals surface area contributed by atoms with Crippen LogP contribution in [0, 0.1) is 0 Å². The zero-order valence-corrected chi connectivity index (χ0v) is 11.5. The molecule has 0 aliphatic carbocycles. The Bertz CT molecular complexity index is 714. The fraction of sp³-hybridized carbons (Fsp3) is 0.0625. The highest BCUT2D eigenvalue weighted by Crippen LogP contribution is 2.20. The van der Waals surface area contributed by atoms with E-state index in [1.807, 2.05) is 42.5 Å². The van der Waals surface area contributed by atoms with Crippen LogP contribution in [0.3, 0.4) is 0 Å². The highest BCUT2D eigenvalue weighted by atomic mass is 16.5. The number of methoxy groups -OCH3 is 1. The molecule has 0 atom stereocenters. The Hall–Kier alpha value is -2.95. The Morgan fingerprint density at radius 1 is 1.00 bits per heavy atom. The van der Waals surface area contributed by atoms with Gasteiger partial charge in [0.2, 0.25) is 5.95 Å². The van der Waals surface area contributed by atoms with E-state index in [9.17, 15) is 0 Å². The number of anilines is 2. The van der Waals surface area contributed by atoms with Gasteiger partial charge in [0.25, 0.3) is 0 Å². The van der Waals surface area contributed by atoms with Gasteiger partial charge in [0.1, 0.15) is 5.75 Å². The lowest BCUT2D eigenvalue weighted by Crippen LogP contribution is -1.98. The number of aromatic nitrogens is 3. The van der Waals surface area contributed by atoms with Gasteiger partial charge in [-0.15, -0.1) is 0 Å². The van der Waals surface area contributed by atoms with Crippen LogP contribution in [-0.2, 0) is 0 Å². The minimum Gasteiger partial charge on any atom is -0.497 e. The Balaban J connectivity index is 1.83. The lowest BCUT2D eigenvalue weighted by molar-refractivity contribution is 0.415. The molecule has 0 aliphatic heterocycles. The SMILES string of the molecule is COc1ccc(Nc2nccc(-c3cccnc3)n2)cc1. The van der Waals surface area contributed by atoms with E-state index in [1.165, 1.54) is 0 Å². The maximum Gasteiger partial charge on any atom is 0.227 e. The molecule has 2 heterocycles. The summed E-state index contributed by atoms with van der Waals surface area (Å²) in [4.78, 5) is 12.8. The van der Waals surface area contributed by atoms with E-state index in [-0.39, 0.29) is 0 Å². The third-order valence-corrected chi connectivity index (χ3v) is 2.96. The lowest BCUT2D eigenvalue weighted by Gasteiger charge is -2.07. The molecule has 5 nitrogen and oxygen atoms in total. The van der Waals surface area contributed by atoms with E-state index >= 15 is 0 Å². The Morgan fingerprint density at radius 3 is 2.57 bits per heavy atom. The van der Waals surface area contributed by atoms with E-state index in [1.54, 1.807) is 25.7 Å². The van der Waals surface area contributed by atoms with Crippen molar-refractivity contribution < 1.29 is 4.74 Å². The van der Waals surface area contributed by atoms with Crippen molar-refractivity contribution in [2.45, 2.75) is 0 Å². The van der Waals surface area contributed by atoms with Crippen molar-refractivity contribution >= 4 is 11.6 Å². The first kappa shape index (κ1) is 13.1. The van der Waals surface area contributed by atoms with Crippen LogP contribution < -0.4 is 10.1 Å². The van der Waals surface area contributed by atoms with Crippen molar-refractivity contribution in [2.24, 2.45) is 0 Å². The average Bonchev–Trinajstić information content (AvgIpc) is 2.57. The third kappa shape index (κ3) is 3.14. The summed E-state index contributed by atoms with van der Waals surface area (Å²) in [6, 6.07) is 13.3. The fourth-order valence-corrected chi connectivity index (χ4v) is 1.90. The van der Waals surface area contributed by atoms with Crippen molar-refractivity contribution in [1.82, 2.24) is 15.0 Å². The Labute approximate surface area is 122 Å². The van der Waals surface area contributed by atoms with E-state index < -0.39 is 0 Å². The molecule has 1 N–H and O–H groups in total. The zero-order chi connectivity index (χ0) is 14.5. The van der Waals surface area contributed by atoms with Crippen molar-refractivity contribution in [3.8, 4) is 17.0 Å². The minimum absolute atomic E-state index is 0.543. The fourth-order valence-electron chi connectivity index (χ4n) is 1.90. The van der Waals surface area contributed by atoms with E-state index in [0.29, 0.717) is 5.95 Å². The van der Waals surface area contributed by atoms with Crippen LogP contribution in [0.4, 0.5) is 11.6 Å². The minimum atomic E-state index is 0.543. The summed E-state index contributed by atoms with van der Waals surface area (Å²) in [5.41, 5.74) is 2.69. The summed E-state index contributed by atoms with van der Waals surface area (Å²) in [5, 5.41) is 3.17. The number of ether oxygens (including phenoxy) is 1. The monoisotopic (exact) mass is 278 g/mol. The van der Waals surface area contributed by atoms with Crippen LogP contribution in [0.1, 0.15) is 0 Å². The molecule has 3 rings (SSSR count). The summed E-state index contributed by atoms with van der Waals surface area (Å²) in [5.74, 6) is 1.35. The van der Waals surface area contributed by atoms with Gasteiger partial charge in [-0.25, -0.2) is 9.97 Å². The summed E-state index contributed by atoms with van der Waals surface area (Å²) >= 11 is 0. The van der Waals surface area contributed by atoms with Gasteiger partial charge >= 0.3 is 0 Å². The molecule has 0 saturated carbocycles. The second kappa shape index (κ2) is 6.00. The van der Waals surface area contributed by atoms with Crippen LogP contribution in [-0.4, -0.2) is 22.1 Å². The molecule has 0 spiro atoms. The Morgan fingerprint density at radius 2 is 1.86 bits per heavy atom. The molecule has 0 bridgehead atoms. The number of nitrogens with zero attached hydrogens (tertiary/aromatic N) is 3. The first-order chi connectivity index (χ1) is 10.3. The first-order valence-corrected chi connectivity index (χ1v) is 6.50. The van der Waals surface area contributed by atoms with E-state index in [4.69, 9.17) is 4.74 Å². The van der Waals surface area contributed by atoms with Gasteiger partial charge in [0.15, 0.2) is 0 Å². The second-order valence-corrected chi connectivity index (χ2v) is 4.36. The van der Waals surface area contributed by atoms with Gasteiger partial charge in [0.05, 0.1) is 12.8 Å². The molecule has 5 heteroatoms. The molecule has 0 unspecified atom stereocenters.